The zero-order chi connectivity index (χ0) is 80.0. The molecule has 0 fully saturated rings. The van der Waals surface area contributed by atoms with Crippen LogP contribution in [-0.2, 0) is 0 Å². The molecule has 0 aliphatic heterocycles. The van der Waals surface area contributed by atoms with Crippen LogP contribution < -0.4 is 0 Å². The van der Waals surface area contributed by atoms with Gasteiger partial charge >= 0.3 is 0 Å². The molecule has 568 valence electrons. The zero-order valence-corrected chi connectivity index (χ0v) is 66.2. The Morgan fingerprint density at radius 1 is 0.123 bits per heavy atom. The minimum atomic E-state index is 0.905. The van der Waals surface area contributed by atoms with Crippen LogP contribution in [0.2, 0.25) is 0 Å². The minimum Gasteiger partial charge on any atom is -0.456 e. The summed E-state index contributed by atoms with van der Waals surface area (Å²) >= 11 is 0. The van der Waals surface area contributed by atoms with Crippen LogP contribution in [-0.4, -0.2) is 18.3 Å². The summed E-state index contributed by atoms with van der Waals surface area (Å²) in [6.07, 6.45) is 0. The van der Waals surface area contributed by atoms with E-state index in [0.29, 0.717) is 0 Å². The van der Waals surface area contributed by atoms with Crippen molar-refractivity contribution in [3.8, 4) is 89.5 Å². The molecular weight excluding hydrogens is 1480 g/mol. The van der Waals surface area contributed by atoms with Crippen LogP contribution in [0.4, 0.5) is 0 Å². The number of hydrogen-bond donors (Lipinski definition) is 0. The Labute approximate surface area is 701 Å². The van der Waals surface area contributed by atoms with Gasteiger partial charge in [-0.1, -0.05) is 255 Å². The fourth-order valence-electron chi connectivity index (χ4n) is 19.5. The third-order valence-electron chi connectivity index (χ3n) is 25.4. The Morgan fingerprint density at radius 3 is 0.779 bits per heavy atom. The second-order valence-corrected chi connectivity index (χ2v) is 32.3. The zero-order valence-electron chi connectivity index (χ0n) is 66.2. The van der Waals surface area contributed by atoms with Crippen molar-refractivity contribution in [1.82, 2.24) is 18.3 Å². The molecule has 26 rings (SSSR count). The lowest BCUT2D eigenvalue weighted by Gasteiger charge is -2.10. The Balaban J connectivity index is 0.000000134. The van der Waals surface area contributed by atoms with Gasteiger partial charge in [-0.2, -0.15) is 0 Å². The van der Waals surface area contributed by atoms with E-state index in [0.717, 1.165) is 77.8 Å². The van der Waals surface area contributed by atoms with Gasteiger partial charge in [0.2, 0.25) is 0 Å². The SMILES string of the molecule is c1ccc(-n2c3ccc(-c4ccc5c(c4)oc4ccccc45)cc3c3cc(-c4ccc5c(c4)c4ccccc4n5-c4ccc(-c5ccc6ccccc6c5)cc4)ccc32)cc1.c1ccc(-n2c3ccc(-c4ccc5oc6ccccc6c5c4)cc3c3cc(-c4ccc5c(c4)c4ccccc4n5-c4ccc(-c5ccc6ccccc6c5)cc4)ccc32)cc1. The summed E-state index contributed by atoms with van der Waals surface area (Å²) in [6, 6.07) is 159. The lowest BCUT2D eigenvalue weighted by molar-refractivity contribution is 0.668. The van der Waals surface area contributed by atoms with Crippen LogP contribution >= 0.6 is 0 Å². The Bertz CT molecular complexity index is 8750. The third kappa shape index (κ3) is 11.3. The second-order valence-electron chi connectivity index (χ2n) is 32.3. The van der Waals surface area contributed by atoms with Gasteiger partial charge in [-0.25, -0.2) is 0 Å². The first-order valence-corrected chi connectivity index (χ1v) is 41.8. The van der Waals surface area contributed by atoms with Gasteiger partial charge in [-0.15, -0.1) is 0 Å². The van der Waals surface area contributed by atoms with E-state index in [1.54, 1.807) is 0 Å². The van der Waals surface area contributed by atoms with E-state index in [1.807, 2.05) is 24.3 Å². The van der Waals surface area contributed by atoms with Crippen molar-refractivity contribution in [3.63, 3.8) is 0 Å². The number of benzene rings is 20. The highest BCUT2D eigenvalue weighted by Gasteiger charge is 2.22. The summed E-state index contributed by atoms with van der Waals surface area (Å²) in [6.45, 7) is 0. The smallest absolute Gasteiger partial charge is 0.136 e. The average Bonchev–Trinajstić information content (AvgIpc) is 1.59. The van der Waals surface area contributed by atoms with Gasteiger partial charge in [0, 0.05) is 87.4 Å². The molecule has 0 bridgehead atoms. The average molecular weight is 1550 g/mol. The molecule has 122 heavy (non-hydrogen) atoms. The van der Waals surface area contributed by atoms with Gasteiger partial charge in [0.25, 0.3) is 0 Å². The third-order valence-corrected chi connectivity index (χ3v) is 25.4. The number of furan rings is 2. The Morgan fingerprint density at radius 2 is 0.369 bits per heavy atom. The number of para-hydroxylation sites is 6. The molecule has 0 aliphatic carbocycles. The molecule has 6 heteroatoms. The molecule has 6 heterocycles. The van der Waals surface area contributed by atoms with Crippen LogP contribution in [0.3, 0.4) is 0 Å². The number of hydrogen-bond acceptors (Lipinski definition) is 2. The maximum Gasteiger partial charge on any atom is 0.136 e. The topological polar surface area (TPSA) is 46.0 Å². The number of rotatable bonds is 10. The second kappa shape index (κ2) is 27.7. The molecule has 20 aromatic carbocycles. The molecule has 0 radical (unpaired) electrons. The van der Waals surface area contributed by atoms with Gasteiger partial charge < -0.3 is 27.1 Å². The van der Waals surface area contributed by atoms with E-state index in [2.05, 4.69) is 431 Å². The first-order chi connectivity index (χ1) is 60.4. The summed E-state index contributed by atoms with van der Waals surface area (Å²) < 4.78 is 22.1. The van der Waals surface area contributed by atoms with Crippen LogP contribution in [0.5, 0.6) is 0 Å². The first-order valence-electron chi connectivity index (χ1n) is 41.8. The van der Waals surface area contributed by atoms with Crippen molar-refractivity contribution in [1.29, 1.82) is 0 Å². The predicted molar refractivity (Wildman–Crippen MR) is 512 cm³/mol. The monoisotopic (exact) mass is 1550 g/mol. The van der Waals surface area contributed by atoms with Gasteiger partial charge in [0.15, 0.2) is 0 Å². The Hall–Kier alpha value is -16.3. The normalized spacial score (nSPS) is 11.9. The van der Waals surface area contributed by atoms with Crippen LogP contribution in [0, 0.1) is 0 Å². The van der Waals surface area contributed by atoms with E-state index < -0.39 is 0 Å². The first kappa shape index (κ1) is 68.9. The molecule has 0 aliphatic rings. The maximum absolute atomic E-state index is 6.31. The summed E-state index contributed by atoms with van der Waals surface area (Å²) in [4.78, 5) is 0. The van der Waals surface area contributed by atoms with E-state index in [1.165, 1.54) is 164 Å². The molecule has 6 nitrogen and oxygen atoms in total. The number of aromatic nitrogens is 4. The van der Waals surface area contributed by atoms with Crippen LogP contribution in [0.1, 0.15) is 0 Å². The number of fused-ring (bicyclic) bond motifs is 20. The molecule has 6 aromatic heterocycles. The van der Waals surface area contributed by atoms with Crippen LogP contribution in [0.25, 0.3) is 242 Å². The quantitative estimate of drug-likeness (QED) is 0.137. The number of nitrogens with zero attached hydrogens (tertiary/aromatic N) is 4. The summed E-state index contributed by atoms with van der Waals surface area (Å²) in [5.41, 5.74) is 32.0. The Kier molecular flexibility index (Phi) is 15.6. The van der Waals surface area contributed by atoms with E-state index in [-0.39, 0.29) is 0 Å². The van der Waals surface area contributed by atoms with Gasteiger partial charge in [-0.05, 0) is 270 Å². The molecule has 0 amide bonds. The molecule has 0 saturated heterocycles. The molecule has 0 saturated carbocycles. The fraction of sp³-hybridized carbons (Fsp3) is 0. The summed E-state index contributed by atoms with van der Waals surface area (Å²) in [5.74, 6) is 0. The van der Waals surface area contributed by atoms with Crippen LogP contribution in [0.15, 0.2) is 446 Å². The van der Waals surface area contributed by atoms with E-state index >= 15 is 0 Å². The maximum atomic E-state index is 6.31. The van der Waals surface area contributed by atoms with Crippen molar-refractivity contribution in [2.45, 2.75) is 0 Å². The van der Waals surface area contributed by atoms with Crippen molar-refractivity contribution >= 4 is 153 Å². The highest BCUT2D eigenvalue weighted by atomic mass is 16.3. The van der Waals surface area contributed by atoms with Gasteiger partial charge in [0.05, 0.1) is 44.1 Å². The summed E-state index contributed by atoms with van der Waals surface area (Å²) in [7, 11) is 0. The molecule has 0 unspecified atom stereocenters. The largest absolute Gasteiger partial charge is 0.456 e. The molecule has 26 aromatic rings. The molecular formula is C116H72N4O2. The minimum absolute atomic E-state index is 0.905. The lowest BCUT2D eigenvalue weighted by Crippen LogP contribution is -1.94. The highest BCUT2D eigenvalue weighted by Crippen LogP contribution is 2.45. The highest BCUT2D eigenvalue weighted by molar-refractivity contribution is 6.17. The van der Waals surface area contributed by atoms with E-state index in [4.69, 9.17) is 8.83 Å². The molecule has 0 atom stereocenters. The van der Waals surface area contributed by atoms with Crippen molar-refractivity contribution in [2.75, 3.05) is 0 Å². The van der Waals surface area contributed by atoms with Gasteiger partial charge in [0.1, 0.15) is 22.3 Å². The van der Waals surface area contributed by atoms with Crippen molar-refractivity contribution in [3.05, 3.63) is 437 Å². The summed E-state index contributed by atoms with van der Waals surface area (Å²) in [5, 5.41) is 19.4. The molecule has 0 N–H and O–H groups in total. The fourth-order valence-corrected chi connectivity index (χ4v) is 19.5. The van der Waals surface area contributed by atoms with E-state index in [9.17, 15) is 0 Å². The van der Waals surface area contributed by atoms with Gasteiger partial charge in [-0.3, -0.25) is 0 Å². The predicted octanol–water partition coefficient (Wildman–Crippen LogP) is 31.9. The van der Waals surface area contributed by atoms with Crippen molar-refractivity contribution < 1.29 is 8.83 Å². The molecule has 0 spiro atoms. The van der Waals surface area contributed by atoms with Crippen molar-refractivity contribution in [2.24, 2.45) is 0 Å². The lowest BCUT2D eigenvalue weighted by atomic mass is 9.98. The standard InChI is InChI=1S/2C58H36N2O/c1-2-12-45(13-3-1)59-55-30-24-42(34-51(55)52-35-43(25-31-56(52)59)44-22-28-49-48-15-7-9-17-57(48)61-58(49)36-44)41-23-29-54-50(33-41)47-14-6-8-16-53(47)60(54)46-26-20-38(21-27-46)40-19-18-37-10-4-5-11-39(37)32-40;1-2-12-45(13-3-1)59-55-29-23-42(34-50(55)51-35-43(24-30-56(51)59)44-25-31-58-52(36-44)48-15-7-9-17-57(48)61-58)41-22-28-54-49(33-41)47-14-6-8-16-53(47)60(54)46-26-20-38(21-27-46)40-19-18-37-10-4-5-11-39(37)32-40/h2*1-36H.